The minimum absolute atomic E-state index is 0.0631. The van der Waals surface area contributed by atoms with Crippen molar-refractivity contribution in [3.63, 3.8) is 0 Å². The normalized spacial score (nSPS) is 16.0. The highest BCUT2D eigenvalue weighted by molar-refractivity contribution is 4.62. The van der Waals surface area contributed by atoms with E-state index < -0.39 is 0 Å². The molecule has 0 saturated heterocycles. The second-order valence-electron chi connectivity index (χ2n) is 3.71. The first kappa shape index (κ1) is 12.0. The van der Waals surface area contributed by atoms with Crippen LogP contribution in [0.25, 0.3) is 0 Å². The topological polar surface area (TPSA) is 20.2 Å². The van der Waals surface area contributed by atoms with Gasteiger partial charge in [-0.2, -0.15) is 0 Å². The first-order valence-corrected chi connectivity index (χ1v) is 5.42. The van der Waals surface area contributed by atoms with Gasteiger partial charge >= 0.3 is 0 Å². The lowest BCUT2D eigenvalue weighted by Gasteiger charge is -2.17. The second-order valence-corrected chi connectivity index (χ2v) is 3.71. The van der Waals surface area contributed by atoms with Crippen molar-refractivity contribution in [3.05, 3.63) is 0 Å². The van der Waals surface area contributed by atoms with Gasteiger partial charge in [0, 0.05) is 0 Å². The van der Waals surface area contributed by atoms with Gasteiger partial charge in [0.25, 0.3) is 0 Å². The largest absolute Gasteiger partial charge is 0.393 e. The zero-order chi connectivity index (χ0) is 9.40. The van der Waals surface area contributed by atoms with Gasteiger partial charge in [-0.05, 0) is 18.8 Å². The lowest BCUT2D eigenvalue weighted by molar-refractivity contribution is 0.133. The van der Waals surface area contributed by atoms with Gasteiger partial charge in [-0.25, -0.2) is 0 Å². The molecule has 0 radical (unpaired) electrons. The first-order chi connectivity index (χ1) is 5.74. The van der Waals surface area contributed by atoms with Crippen LogP contribution in [0.1, 0.15) is 59.3 Å². The molecule has 0 aliphatic carbocycles. The third kappa shape index (κ3) is 5.59. The Labute approximate surface area is 77.2 Å². The molecule has 1 N–H and O–H groups in total. The fourth-order valence-corrected chi connectivity index (χ4v) is 1.53. The van der Waals surface area contributed by atoms with Crippen LogP contribution in [0.15, 0.2) is 0 Å². The Morgan fingerprint density at radius 3 is 2.17 bits per heavy atom. The Morgan fingerprint density at radius 1 is 1.08 bits per heavy atom. The smallest absolute Gasteiger partial charge is 0.0540 e. The molecule has 0 heterocycles. The van der Waals surface area contributed by atoms with E-state index in [9.17, 15) is 5.11 Å². The predicted molar refractivity (Wildman–Crippen MR) is 54.2 cm³/mol. The van der Waals surface area contributed by atoms with Crippen LogP contribution >= 0.6 is 0 Å². The summed E-state index contributed by atoms with van der Waals surface area (Å²) in [6.07, 6.45) is 6.96. The van der Waals surface area contributed by atoms with Crippen molar-refractivity contribution in [2.24, 2.45) is 5.92 Å². The maximum atomic E-state index is 9.46. The number of aliphatic hydroxyl groups is 1. The van der Waals surface area contributed by atoms with Crippen molar-refractivity contribution in [3.8, 4) is 0 Å². The minimum Gasteiger partial charge on any atom is -0.393 e. The van der Waals surface area contributed by atoms with Crippen LogP contribution in [-0.2, 0) is 0 Å². The summed E-state index contributed by atoms with van der Waals surface area (Å²) in [6.45, 7) is 6.50. The van der Waals surface area contributed by atoms with Gasteiger partial charge in [0.2, 0.25) is 0 Å². The van der Waals surface area contributed by atoms with Crippen molar-refractivity contribution in [1.82, 2.24) is 0 Å². The molecule has 0 saturated carbocycles. The van der Waals surface area contributed by atoms with Gasteiger partial charge in [0.1, 0.15) is 0 Å². The SMILES string of the molecule is CCCC[C@H](CC)C[C@H](O)CC. The third-order valence-corrected chi connectivity index (χ3v) is 2.62. The van der Waals surface area contributed by atoms with Crippen molar-refractivity contribution < 1.29 is 5.11 Å². The summed E-state index contributed by atoms with van der Waals surface area (Å²) < 4.78 is 0. The number of unbranched alkanes of at least 4 members (excludes halogenated alkanes) is 1. The molecule has 0 spiro atoms. The molecule has 74 valence electrons. The molecule has 0 fully saturated rings. The van der Waals surface area contributed by atoms with Crippen LogP contribution in [-0.4, -0.2) is 11.2 Å². The number of hydrogen-bond acceptors (Lipinski definition) is 1. The fourth-order valence-electron chi connectivity index (χ4n) is 1.53. The molecule has 2 atom stereocenters. The molecule has 0 bridgehead atoms. The van der Waals surface area contributed by atoms with E-state index in [-0.39, 0.29) is 6.10 Å². The summed E-state index contributed by atoms with van der Waals surface area (Å²) in [5.41, 5.74) is 0. The maximum absolute atomic E-state index is 9.46. The summed E-state index contributed by atoms with van der Waals surface area (Å²) >= 11 is 0. The molecule has 0 amide bonds. The maximum Gasteiger partial charge on any atom is 0.0540 e. The van der Waals surface area contributed by atoms with E-state index in [1.165, 1.54) is 25.7 Å². The Morgan fingerprint density at radius 2 is 1.75 bits per heavy atom. The molecular weight excluding hydrogens is 148 g/mol. The van der Waals surface area contributed by atoms with Crippen LogP contribution < -0.4 is 0 Å². The van der Waals surface area contributed by atoms with E-state index in [1.807, 2.05) is 0 Å². The van der Waals surface area contributed by atoms with Gasteiger partial charge < -0.3 is 5.11 Å². The quantitative estimate of drug-likeness (QED) is 0.624. The first-order valence-electron chi connectivity index (χ1n) is 5.42. The van der Waals surface area contributed by atoms with Gasteiger partial charge in [-0.3, -0.25) is 0 Å². The van der Waals surface area contributed by atoms with E-state index >= 15 is 0 Å². The lowest BCUT2D eigenvalue weighted by Crippen LogP contribution is -2.12. The molecule has 0 aromatic rings. The Hall–Kier alpha value is -0.0400. The highest BCUT2D eigenvalue weighted by atomic mass is 16.3. The Kier molecular flexibility index (Phi) is 7.58. The number of rotatable bonds is 7. The van der Waals surface area contributed by atoms with Crippen molar-refractivity contribution in [1.29, 1.82) is 0 Å². The Balaban J connectivity index is 3.51. The monoisotopic (exact) mass is 172 g/mol. The average molecular weight is 172 g/mol. The fraction of sp³-hybridized carbons (Fsp3) is 1.00. The number of hydrogen-bond donors (Lipinski definition) is 1. The predicted octanol–water partition coefficient (Wildman–Crippen LogP) is 3.36. The van der Waals surface area contributed by atoms with Crippen LogP contribution in [0.2, 0.25) is 0 Å². The third-order valence-electron chi connectivity index (χ3n) is 2.62. The summed E-state index contributed by atoms with van der Waals surface area (Å²) in [6, 6.07) is 0. The van der Waals surface area contributed by atoms with Gasteiger partial charge in [-0.1, -0.05) is 46.5 Å². The van der Waals surface area contributed by atoms with E-state index in [0.717, 1.165) is 18.8 Å². The van der Waals surface area contributed by atoms with Crippen LogP contribution in [0.3, 0.4) is 0 Å². The molecular formula is C11H24O. The average Bonchev–Trinajstić information content (AvgIpc) is 2.11. The second kappa shape index (κ2) is 7.60. The number of aliphatic hydroxyl groups excluding tert-OH is 1. The molecule has 1 heteroatoms. The molecule has 0 unspecified atom stereocenters. The highest BCUT2D eigenvalue weighted by Crippen LogP contribution is 2.19. The summed E-state index contributed by atoms with van der Waals surface area (Å²) in [5, 5.41) is 9.46. The van der Waals surface area contributed by atoms with E-state index in [1.54, 1.807) is 0 Å². The zero-order valence-electron chi connectivity index (χ0n) is 8.84. The summed E-state index contributed by atoms with van der Waals surface area (Å²) in [5.74, 6) is 0.750. The van der Waals surface area contributed by atoms with Gasteiger partial charge in [0.05, 0.1) is 6.10 Å². The molecule has 0 aliphatic heterocycles. The van der Waals surface area contributed by atoms with Crippen molar-refractivity contribution >= 4 is 0 Å². The van der Waals surface area contributed by atoms with Crippen molar-refractivity contribution in [2.45, 2.75) is 65.4 Å². The molecule has 1 nitrogen and oxygen atoms in total. The van der Waals surface area contributed by atoms with E-state index in [0.29, 0.717) is 0 Å². The molecule has 0 rings (SSSR count). The van der Waals surface area contributed by atoms with Crippen LogP contribution in [0.5, 0.6) is 0 Å². The van der Waals surface area contributed by atoms with Gasteiger partial charge in [0.15, 0.2) is 0 Å². The molecule has 0 aromatic heterocycles. The van der Waals surface area contributed by atoms with Gasteiger partial charge in [-0.15, -0.1) is 0 Å². The van der Waals surface area contributed by atoms with E-state index in [4.69, 9.17) is 0 Å². The standard InChI is InChI=1S/C11H24O/c1-4-7-8-10(5-2)9-11(12)6-3/h10-12H,4-9H2,1-3H3/t10-,11+/m0/s1. The molecule has 12 heavy (non-hydrogen) atoms. The zero-order valence-corrected chi connectivity index (χ0v) is 8.84. The highest BCUT2D eigenvalue weighted by Gasteiger charge is 2.10. The van der Waals surface area contributed by atoms with Crippen LogP contribution in [0.4, 0.5) is 0 Å². The Bertz CT molecular complexity index is 91.0. The summed E-state index contributed by atoms with van der Waals surface area (Å²) in [4.78, 5) is 0. The van der Waals surface area contributed by atoms with Crippen LogP contribution in [0, 0.1) is 5.92 Å². The molecule has 0 aromatic carbocycles. The lowest BCUT2D eigenvalue weighted by atomic mass is 9.92. The van der Waals surface area contributed by atoms with E-state index in [2.05, 4.69) is 20.8 Å². The molecule has 0 aliphatic rings. The minimum atomic E-state index is -0.0631. The summed E-state index contributed by atoms with van der Waals surface area (Å²) in [7, 11) is 0. The van der Waals surface area contributed by atoms with Crippen molar-refractivity contribution in [2.75, 3.05) is 0 Å².